The average Bonchev–Trinajstić information content (AvgIpc) is 3.21. The number of rotatable bonds is 5. The van der Waals surface area contributed by atoms with Gasteiger partial charge in [-0.3, -0.25) is 9.69 Å². The third kappa shape index (κ3) is 3.44. The first-order chi connectivity index (χ1) is 10.6. The molecule has 6 heteroatoms. The van der Waals surface area contributed by atoms with E-state index >= 15 is 0 Å². The SMILES string of the molecule is Cc1ccc(C(CNC(=O)c2ccc(Br)o2)N2CCCC2)o1. The third-order valence-electron chi connectivity index (χ3n) is 3.92. The van der Waals surface area contributed by atoms with E-state index in [1.54, 1.807) is 12.1 Å². The van der Waals surface area contributed by atoms with E-state index in [4.69, 9.17) is 8.83 Å². The molecule has 2 aromatic rings. The molecule has 0 aliphatic carbocycles. The number of carbonyl (C=O) groups is 1. The second kappa shape index (κ2) is 6.71. The van der Waals surface area contributed by atoms with Gasteiger partial charge in [-0.2, -0.15) is 0 Å². The molecule has 1 aliphatic rings. The van der Waals surface area contributed by atoms with Crippen LogP contribution in [0.15, 0.2) is 37.8 Å². The highest BCUT2D eigenvalue weighted by atomic mass is 79.9. The van der Waals surface area contributed by atoms with Crippen LogP contribution in [0.3, 0.4) is 0 Å². The molecule has 0 bridgehead atoms. The quantitative estimate of drug-likeness (QED) is 0.879. The Morgan fingerprint density at radius 2 is 2.05 bits per heavy atom. The molecule has 0 aromatic carbocycles. The van der Waals surface area contributed by atoms with Crippen LogP contribution >= 0.6 is 15.9 Å². The number of carbonyl (C=O) groups excluding carboxylic acids is 1. The van der Waals surface area contributed by atoms with Crippen LogP contribution in [-0.4, -0.2) is 30.4 Å². The minimum Gasteiger partial charge on any atom is -0.465 e. The summed E-state index contributed by atoms with van der Waals surface area (Å²) in [6.07, 6.45) is 2.38. The fourth-order valence-corrected chi connectivity index (χ4v) is 3.11. The molecule has 1 saturated heterocycles. The zero-order chi connectivity index (χ0) is 15.5. The first-order valence-electron chi connectivity index (χ1n) is 7.47. The Hall–Kier alpha value is -1.53. The molecule has 2 aromatic heterocycles. The van der Waals surface area contributed by atoms with Crippen molar-refractivity contribution in [3.8, 4) is 0 Å². The van der Waals surface area contributed by atoms with Crippen LogP contribution in [0.1, 0.15) is 41.0 Å². The maximum Gasteiger partial charge on any atom is 0.287 e. The Morgan fingerprint density at radius 3 is 2.64 bits per heavy atom. The lowest BCUT2D eigenvalue weighted by atomic mass is 10.2. The lowest BCUT2D eigenvalue weighted by Crippen LogP contribution is -2.36. The summed E-state index contributed by atoms with van der Waals surface area (Å²) in [5.41, 5.74) is 0. The molecule has 1 aliphatic heterocycles. The van der Waals surface area contributed by atoms with Crippen molar-refractivity contribution in [2.45, 2.75) is 25.8 Å². The first kappa shape index (κ1) is 15.4. The normalized spacial score (nSPS) is 16.8. The number of likely N-dealkylation sites (tertiary alicyclic amines) is 1. The van der Waals surface area contributed by atoms with E-state index < -0.39 is 0 Å². The van der Waals surface area contributed by atoms with Gasteiger partial charge in [-0.05, 0) is 73.1 Å². The van der Waals surface area contributed by atoms with E-state index in [9.17, 15) is 4.79 Å². The summed E-state index contributed by atoms with van der Waals surface area (Å²) in [5.74, 6) is 1.89. The summed E-state index contributed by atoms with van der Waals surface area (Å²) in [6, 6.07) is 7.39. The molecular formula is C16H19BrN2O3. The maximum atomic E-state index is 12.1. The fraction of sp³-hybridized carbons (Fsp3) is 0.438. The molecule has 1 unspecified atom stereocenters. The molecule has 1 fully saturated rings. The number of nitrogens with one attached hydrogen (secondary N) is 1. The Bertz CT molecular complexity index is 643. The first-order valence-corrected chi connectivity index (χ1v) is 8.27. The summed E-state index contributed by atoms with van der Waals surface area (Å²) in [6.45, 7) is 4.51. The average molecular weight is 367 g/mol. The smallest absolute Gasteiger partial charge is 0.287 e. The minimum absolute atomic E-state index is 0.0681. The Kier molecular flexibility index (Phi) is 4.69. The standard InChI is InChI=1S/C16H19BrN2O3/c1-11-4-5-13(21-11)12(19-8-2-3-9-19)10-18-16(20)14-6-7-15(17)22-14/h4-7,12H,2-3,8-10H2,1H3,(H,18,20). The number of hydrogen-bond donors (Lipinski definition) is 1. The molecule has 1 N–H and O–H groups in total. The highest BCUT2D eigenvalue weighted by Crippen LogP contribution is 2.26. The second-order valence-corrected chi connectivity index (χ2v) is 6.30. The van der Waals surface area contributed by atoms with Crippen molar-refractivity contribution >= 4 is 21.8 Å². The molecule has 22 heavy (non-hydrogen) atoms. The number of aryl methyl sites for hydroxylation is 1. The lowest BCUT2D eigenvalue weighted by molar-refractivity contribution is 0.0904. The van der Waals surface area contributed by atoms with Gasteiger partial charge in [0.25, 0.3) is 5.91 Å². The van der Waals surface area contributed by atoms with Gasteiger partial charge < -0.3 is 14.2 Å². The summed E-state index contributed by atoms with van der Waals surface area (Å²) in [7, 11) is 0. The molecule has 3 heterocycles. The van der Waals surface area contributed by atoms with Gasteiger partial charge in [-0.25, -0.2) is 0 Å². The molecule has 1 amide bonds. The van der Waals surface area contributed by atoms with Crippen molar-refractivity contribution in [1.82, 2.24) is 10.2 Å². The van der Waals surface area contributed by atoms with E-state index in [1.165, 1.54) is 12.8 Å². The minimum atomic E-state index is -0.210. The third-order valence-corrected chi connectivity index (χ3v) is 4.35. The van der Waals surface area contributed by atoms with Crippen molar-refractivity contribution in [3.05, 3.63) is 46.2 Å². The largest absolute Gasteiger partial charge is 0.465 e. The van der Waals surface area contributed by atoms with Gasteiger partial charge in [0.15, 0.2) is 10.4 Å². The van der Waals surface area contributed by atoms with E-state index in [0.29, 0.717) is 17.0 Å². The predicted octanol–water partition coefficient (Wildman–Crippen LogP) is 3.51. The number of nitrogens with zero attached hydrogens (tertiary/aromatic N) is 1. The van der Waals surface area contributed by atoms with Gasteiger partial charge >= 0.3 is 0 Å². The van der Waals surface area contributed by atoms with Gasteiger partial charge in [-0.1, -0.05) is 0 Å². The van der Waals surface area contributed by atoms with Crippen LogP contribution in [0.4, 0.5) is 0 Å². The van der Waals surface area contributed by atoms with E-state index in [0.717, 1.165) is 24.6 Å². The van der Waals surface area contributed by atoms with Crippen LogP contribution in [0.5, 0.6) is 0 Å². The highest BCUT2D eigenvalue weighted by Gasteiger charge is 2.26. The van der Waals surface area contributed by atoms with E-state index in [2.05, 4.69) is 26.1 Å². The number of amides is 1. The maximum absolute atomic E-state index is 12.1. The van der Waals surface area contributed by atoms with Crippen molar-refractivity contribution < 1.29 is 13.6 Å². The van der Waals surface area contributed by atoms with Crippen molar-refractivity contribution in [2.24, 2.45) is 0 Å². The van der Waals surface area contributed by atoms with Crippen LogP contribution in [0.25, 0.3) is 0 Å². The van der Waals surface area contributed by atoms with Gasteiger partial charge in [-0.15, -0.1) is 0 Å². The molecule has 0 spiro atoms. The Labute approximate surface area is 137 Å². The van der Waals surface area contributed by atoms with Gasteiger partial charge in [0, 0.05) is 6.54 Å². The lowest BCUT2D eigenvalue weighted by Gasteiger charge is -2.25. The van der Waals surface area contributed by atoms with E-state index in [1.807, 2.05) is 19.1 Å². The molecule has 118 valence electrons. The number of hydrogen-bond acceptors (Lipinski definition) is 4. The van der Waals surface area contributed by atoms with Crippen LogP contribution in [0.2, 0.25) is 0 Å². The molecule has 3 rings (SSSR count). The van der Waals surface area contributed by atoms with Gasteiger partial charge in [0.05, 0.1) is 6.04 Å². The molecular weight excluding hydrogens is 348 g/mol. The fourth-order valence-electron chi connectivity index (χ4n) is 2.81. The summed E-state index contributed by atoms with van der Waals surface area (Å²) < 4.78 is 11.6. The number of halogens is 1. The molecule has 5 nitrogen and oxygen atoms in total. The second-order valence-electron chi connectivity index (χ2n) is 5.52. The van der Waals surface area contributed by atoms with Crippen molar-refractivity contribution in [1.29, 1.82) is 0 Å². The Morgan fingerprint density at radius 1 is 1.27 bits per heavy atom. The van der Waals surface area contributed by atoms with Crippen LogP contribution in [-0.2, 0) is 0 Å². The predicted molar refractivity (Wildman–Crippen MR) is 85.7 cm³/mol. The summed E-state index contributed by atoms with van der Waals surface area (Å²) in [4.78, 5) is 14.5. The number of furan rings is 2. The van der Waals surface area contributed by atoms with Crippen molar-refractivity contribution in [3.63, 3.8) is 0 Å². The van der Waals surface area contributed by atoms with Crippen LogP contribution < -0.4 is 5.32 Å². The van der Waals surface area contributed by atoms with Gasteiger partial charge in [0.1, 0.15) is 11.5 Å². The van der Waals surface area contributed by atoms with E-state index in [-0.39, 0.29) is 11.9 Å². The summed E-state index contributed by atoms with van der Waals surface area (Å²) in [5, 5.41) is 2.94. The zero-order valence-corrected chi connectivity index (χ0v) is 14.1. The van der Waals surface area contributed by atoms with Gasteiger partial charge in [0.2, 0.25) is 0 Å². The topological polar surface area (TPSA) is 58.6 Å². The molecule has 0 saturated carbocycles. The Balaban J connectivity index is 1.68. The summed E-state index contributed by atoms with van der Waals surface area (Å²) >= 11 is 3.20. The molecule has 1 atom stereocenters. The molecule has 0 radical (unpaired) electrons. The highest BCUT2D eigenvalue weighted by molar-refractivity contribution is 9.10. The van der Waals surface area contributed by atoms with Crippen LogP contribution in [0, 0.1) is 6.92 Å². The van der Waals surface area contributed by atoms with Crippen molar-refractivity contribution in [2.75, 3.05) is 19.6 Å². The monoisotopic (exact) mass is 366 g/mol. The zero-order valence-electron chi connectivity index (χ0n) is 12.5.